The Morgan fingerprint density at radius 3 is 2.88 bits per heavy atom. The second kappa shape index (κ2) is 3.89. The minimum absolute atomic E-state index is 0.570. The van der Waals surface area contributed by atoms with Crippen LogP contribution in [0, 0.1) is 0 Å². The zero-order chi connectivity index (χ0) is 11.8. The molecule has 4 nitrogen and oxygen atoms in total. The van der Waals surface area contributed by atoms with Crippen LogP contribution in [0.2, 0.25) is 5.15 Å². The van der Waals surface area contributed by atoms with Crippen LogP contribution in [0.3, 0.4) is 0 Å². The number of nitrogens with one attached hydrogen (secondary N) is 1. The maximum absolute atomic E-state index is 6.13. The summed E-state index contributed by atoms with van der Waals surface area (Å²) in [6, 6.07) is 9.70. The number of hydrogen-bond acceptors (Lipinski definition) is 2. The molecular formula is C12H11ClN4. The summed E-state index contributed by atoms with van der Waals surface area (Å²) in [5.41, 5.74) is 2.84. The number of rotatable bonds is 2. The second-order valence-electron chi connectivity index (χ2n) is 3.80. The summed E-state index contributed by atoms with van der Waals surface area (Å²) in [7, 11) is 0. The van der Waals surface area contributed by atoms with Crippen LogP contribution in [-0.2, 0) is 6.42 Å². The highest BCUT2D eigenvalue weighted by molar-refractivity contribution is 6.29. The first-order valence-electron chi connectivity index (χ1n) is 5.47. The number of imidazole rings is 1. The highest BCUT2D eigenvalue weighted by Gasteiger charge is 2.10. The van der Waals surface area contributed by atoms with E-state index in [1.807, 2.05) is 37.3 Å². The van der Waals surface area contributed by atoms with Gasteiger partial charge in [0.2, 0.25) is 5.95 Å². The van der Waals surface area contributed by atoms with Gasteiger partial charge in [0, 0.05) is 0 Å². The van der Waals surface area contributed by atoms with Crippen molar-refractivity contribution in [2.45, 2.75) is 13.3 Å². The van der Waals surface area contributed by atoms with Crippen molar-refractivity contribution in [2.75, 3.05) is 0 Å². The molecule has 1 N–H and O–H groups in total. The Morgan fingerprint density at radius 2 is 2.18 bits per heavy atom. The maximum atomic E-state index is 6.13. The van der Waals surface area contributed by atoms with E-state index in [0.717, 1.165) is 23.1 Å². The van der Waals surface area contributed by atoms with E-state index in [1.54, 1.807) is 4.68 Å². The molecule has 0 radical (unpaired) electrons. The van der Waals surface area contributed by atoms with Crippen molar-refractivity contribution in [3.05, 3.63) is 41.2 Å². The van der Waals surface area contributed by atoms with E-state index in [4.69, 9.17) is 11.6 Å². The van der Waals surface area contributed by atoms with E-state index < -0.39 is 0 Å². The van der Waals surface area contributed by atoms with Crippen LogP contribution in [0.15, 0.2) is 30.3 Å². The van der Waals surface area contributed by atoms with Crippen molar-refractivity contribution in [3.63, 3.8) is 0 Å². The molecule has 0 atom stereocenters. The largest absolute Gasteiger partial charge is 0.322 e. The summed E-state index contributed by atoms with van der Waals surface area (Å²) in [4.78, 5) is 7.65. The van der Waals surface area contributed by atoms with Crippen molar-refractivity contribution in [1.82, 2.24) is 19.7 Å². The third-order valence-corrected chi connectivity index (χ3v) is 2.93. The van der Waals surface area contributed by atoms with Gasteiger partial charge in [-0.3, -0.25) is 0 Å². The maximum Gasteiger partial charge on any atom is 0.230 e. The van der Waals surface area contributed by atoms with Gasteiger partial charge in [0.05, 0.1) is 16.7 Å². The average molecular weight is 247 g/mol. The molecular weight excluding hydrogens is 236 g/mol. The molecule has 3 rings (SSSR count). The summed E-state index contributed by atoms with van der Waals surface area (Å²) in [5.74, 6) is 0.649. The third-order valence-electron chi connectivity index (χ3n) is 2.66. The quantitative estimate of drug-likeness (QED) is 0.756. The summed E-state index contributed by atoms with van der Waals surface area (Å²) in [6.07, 6.45) is 0.854. The highest BCUT2D eigenvalue weighted by atomic mass is 35.5. The topological polar surface area (TPSA) is 46.5 Å². The zero-order valence-electron chi connectivity index (χ0n) is 9.31. The lowest BCUT2D eigenvalue weighted by Gasteiger charge is -1.95. The van der Waals surface area contributed by atoms with Crippen LogP contribution in [0.1, 0.15) is 12.6 Å². The number of fused-ring (bicyclic) bond motifs is 1. The zero-order valence-corrected chi connectivity index (χ0v) is 10.1. The lowest BCUT2D eigenvalue weighted by atomic mass is 10.3. The highest BCUT2D eigenvalue weighted by Crippen LogP contribution is 2.18. The lowest BCUT2D eigenvalue weighted by Crippen LogP contribution is -1.99. The molecule has 0 aliphatic rings. The number of aryl methyl sites for hydroxylation is 1. The van der Waals surface area contributed by atoms with E-state index >= 15 is 0 Å². The van der Waals surface area contributed by atoms with Crippen LogP contribution < -0.4 is 0 Å². The number of aromatic nitrogens is 4. The second-order valence-corrected chi connectivity index (χ2v) is 4.19. The fourth-order valence-corrected chi connectivity index (χ4v) is 2.01. The van der Waals surface area contributed by atoms with E-state index in [9.17, 15) is 0 Å². The number of nitrogens with zero attached hydrogens (tertiary/aromatic N) is 3. The Bertz CT molecular complexity index is 635. The van der Waals surface area contributed by atoms with Crippen molar-refractivity contribution in [2.24, 2.45) is 0 Å². The first-order valence-corrected chi connectivity index (χ1v) is 5.85. The monoisotopic (exact) mass is 246 g/mol. The van der Waals surface area contributed by atoms with Gasteiger partial charge in [0.25, 0.3) is 0 Å². The Morgan fingerprint density at radius 1 is 1.35 bits per heavy atom. The molecule has 3 aromatic rings. The van der Waals surface area contributed by atoms with Crippen LogP contribution in [0.5, 0.6) is 0 Å². The fourth-order valence-electron chi connectivity index (χ4n) is 1.76. The number of benzene rings is 1. The van der Waals surface area contributed by atoms with Gasteiger partial charge in [0.15, 0.2) is 0 Å². The van der Waals surface area contributed by atoms with Crippen LogP contribution >= 0.6 is 11.6 Å². The molecule has 0 saturated heterocycles. The first kappa shape index (κ1) is 10.4. The van der Waals surface area contributed by atoms with Gasteiger partial charge in [-0.05, 0) is 24.6 Å². The Kier molecular flexibility index (Phi) is 2.37. The van der Waals surface area contributed by atoms with Gasteiger partial charge in [-0.2, -0.15) is 9.78 Å². The molecule has 5 heteroatoms. The van der Waals surface area contributed by atoms with E-state index in [1.165, 1.54) is 0 Å². The smallest absolute Gasteiger partial charge is 0.230 e. The van der Waals surface area contributed by atoms with Gasteiger partial charge in [0.1, 0.15) is 5.15 Å². The van der Waals surface area contributed by atoms with Crippen LogP contribution in [0.4, 0.5) is 0 Å². The van der Waals surface area contributed by atoms with Crippen molar-refractivity contribution in [1.29, 1.82) is 0 Å². The molecule has 0 unspecified atom stereocenters. The Balaban J connectivity index is 2.16. The van der Waals surface area contributed by atoms with Crippen molar-refractivity contribution >= 4 is 22.6 Å². The predicted molar refractivity (Wildman–Crippen MR) is 67.6 cm³/mol. The SMILES string of the molecule is CCc1cc(Cl)n(-c2nc3ccccc3[nH]2)n1. The molecule has 0 saturated carbocycles. The number of aromatic amines is 1. The standard InChI is InChI=1S/C12H11ClN4/c1-2-8-7-11(13)17(16-8)12-14-9-5-3-4-6-10(9)15-12/h3-7H,2H2,1H3,(H,14,15). The fraction of sp³-hybridized carbons (Fsp3) is 0.167. The molecule has 0 aliphatic heterocycles. The van der Waals surface area contributed by atoms with Gasteiger partial charge in [-0.1, -0.05) is 30.7 Å². The molecule has 0 aliphatic carbocycles. The molecule has 0 bridgehead atoms. The summed E-state index contributed by atoms with van der Waals surface area (Å²) < 4.78 is 1.63. The van der Waals surface area contributed by atoms with E-state index in [0.29, 0.717) is 11.1 Å². The number of para-hydroxylation sites is 2. The molecule has 0 fully saturated rings. The van der Waals surface area contributed by atoms with Crippen LogP contribution in [0.25, 0.3) is 17.0 Å². The van der Waals surface area contributed by atoms with Gasteiger partial charge in [-0.15, -0.1) is 0 Å². The molecule has 17 heavy (non-hydrogen) atoms. The lowest BCUT2D eigenvalue weighted by molar-refractivity contribution is 0.802. The van der Waals surface area contributed by atoms with E-state index in [2.05, 4.69) is 15.1 Å². The summed E-state index contributed by atoms with van der Waals surface area (Å²) in [5, 5.41) is 4.96. The molecule has 2 aromatic heterocycles. The number of halogens is 1. The minimum Gasteiger partial charge on any atom is -0.322 e. The van der Waals surface area contributed by atoms with Gasteiger partial charge < -0.3 is 4.98 Å². The molecule has 0 spiro atoms. The normalized spacial score (nSPS) is 11.2. The van der Waals surface area contributed by atoms with Crippen LogP contribution in [-0.4, -0.2) is 19.7 Å². The third kappa shape index (κ3) is 1.70. The number of H-pyrrole nitrogens is 1. The molecule has 86 valence electrons. The predicted octanol–water partition coefficient (Wildman–Crippen LogP) is 2.96. The first-order chi connectivity index (χ1) is 8.28. The van der Waals surface area contributed by atoms with Crippen molar-refractivity contribution in [3.8, 4) is 5.95 Å². The average Bonchev–Trinajstić information content (AvgIpc) is 2.91. The van der Waals surface area contributed by atoms with Gasteiger partial charge >= 0.3 is 0 Å². The Hall–Kier alpha value is -1.81. The molecule has 1 aromatic carbocycles. The van der Waals surface area contributed by atoms with Gasteiger partial charge in [-0.25, -0.2) is 4.98 Å². The molecule has 2 heterocycles. The summed E-state index contributed by atoms with van der Waals surface area (Å²) in [6.45, 7) is 2.04. The van der Waals surface area contributed by atoms with Crippen molar-refractivity contribution < 1.29 is 0 Å². The number of hydrogen-bond donors (Lipinski definition) is 1. The Labute approximate surface area is 103 Å². The van der Waals surface area contributed by atoms with E-state index in [-0.39, 0.29) is 0 Å². The summed E-state index contributed by atoms with van der Waals surface area (Å²) >= 11 is 6.13. The minimum atomic E-state index is 0.570. The molecule has 0 amide bonds.